The summed E-state index contributed by atoms with van der Waals surface area (Å²) in [4.78, 5) is 11.7. The summed E-state index contributed by atoms with van der Waals surface area (Å²) in [5.74, 6) is 0.351. The SMILES string of the molecule is CCOc1ccc(Cl)cc1NC(=O)[C@@H](N)CC. The summed E-state index contributed by atoms with van der Waals surface area (Å²) in [6, 6.07) is 4.55. The third-order valence-electron chi connectivity index (χ3n) is 2.28. The lowest BCUT2D eigenvalue weighted by molar-refractivity contribution is -0.117. The average Bonchev–Trinajstić information content (AvgIpc) is 2.31. The molecule has 0 saturated carbocycles. The number of carbonyl (C=O) groups excluding carboxylic acids is 1. The maximum Gasteiger partial charge on any atom is 0.241 e. The first-order chi connectivity index (χ1) is 8.08. The van der Waals surface area contributed by atoms with Crippen molar-refractivity contribution in [2.24, 2.45) is 5.73 Å². The molecule has 0 aromatic heterocycles. The van der Waals surface area contributed by atoms with Crippen molar-refractivity contribution in [3.63, 3.8) is 0 Å². The number of anilines is 1. The molecular weight excluding hydrogens is 240 g/mol. The molecule has 0 radical (unpaired) electrons. The monoisotopic (exact) mass is 256 g/mol. The first-order valence-corrected chi connectivity index (χ1v) is 5.95. The van der Waals surface area contributed by atoms with Gasteiger partial charge in [-0.15, -0.1) is 0 Å². The Labute approximate surface area is 106 Å². The highest BCUT2D eigenvalue weighted by molar-refractivity contribution is 6.31. The van der Waals surface area contributed by atoms with E-state index in [1.165, 1.54) is 0 Å². The number of nitrogens with one attached hydrogen (secondary N) is 1. The van der Waals surface area contributed by atoms with Crippen LogP contribution in [0.4, 0.5) is 5.69 Å². The minimum absolute atomic E-state index is 0.240. The Morgan fingerprint density at radius 2 is 2.24 bits per heavy atom. The smallest absolute Gasteiger partial charge is 0.241 e. The lowest BCUT2D eigenvalue weighted by Crippen LogP contribution is -2.34. The zero-order valence-electron chi connectivity index (χ0n) is 10.00. The maximum absolute atomic E-state index is 11.7. The fourth-order valence-corrected chi connectivity index (χ4v) is 1.46. The summed E-state index contributed by atoms with van der Waals surface area (Å²) in [6.07, 6.45) is 0.580. The van der Waals surface area contributed by atoms with Crippen LogP contribution >= 0.6 is 11.6 Å². The predicted molar refractivity (Wildman–Crippen MR) is 69.5 cm³/mol. The zero-order valence-corrected chi connectivity index (χ0v) is 10.8. The minimum atomic E-state index is -0.525. The van der Waals surface area contributed by atoms with Crippen LogP contribution in [-0.2, 0) is 4.79 Å². The van der Waals surface area contributed by atoms with Crippen molar-refractivity contribution in [1.29, 1.82) is 0 Å². The summed E-state index contributed by atoms with van der Waals surface area (Å²) in [6.45, 7) is 4.24. The first-order valence-electron chi connectivity index (χ1n) is 5.57. The molecule has 0 aliphatic rings. The highest BCUT2D eigenvalue weighted by atomic mass is 35.5. The van der Waals surface area contributed by atoms with E-state index in [2.05, 4.69) is 5.32 Å². The third-order valence-corrected chi connectivity index (χ3v) is 2.51. The average molecular weight is 257 g/mol. The lowest BCUT2D eigenvalue weighted by Gasteiger charge is -2.14. The van der Waals surface area contributed by atoms with Gasteiger partial charge in [0.25, 0.3) is 0 Å². The minimum Gasteiger partial charge on any atom is -0.492 e. The van der Waals surface area contributed by atoms with Crippen LogP contribution in [0.25, 0.3) is 0 Å². The van der Waals surface area contributed by atoms with E-state index in [4.69, 9.17) is 22.1 Å². The number of benzene rings is 1. The van der Waals surface area contributed by atoms with Gasteiger partial charge in [-0.2, -0.15) is 0 Å². The van der Waals surface area contributed by atoms with Gasteiger partial charge < -0.3 is 15.8 Å². The summed E-state index contributed by atoms with van der Waals surface area (Å²) in [7, 11) is 0. The van der Waals surface area contributed by atoms with Crippen molar-refractivity contribution in [1.82, 2.24) is 0 Å². The van der Waals surface area contributed by atoms with Crippen molar-refractivity contribution in [2.45, 2.75) is 26.3 Å². The van der Waals surface area contributed by atoms with Crippen molar-refractivity contribution in [3.8, 4) is 5.75 Å². The number of rotatable bonds is 5. The number of carbonyl (C=O) groups is 1. The largest absolute Gasteiger partial charge is 0.492 e. The molecule has 1 amide bonds. The molecule has 0 aliphatic carbocycles. The Morgan fingerprint density at radius 3 is 2.82 bits per heavy atom. The zero-order chi connectivity index (χ0) is 12.8. The summed E-state index contributed by atoms with van der Waals surface area (Å²) in [5.41, 5.74) is 6.19. The van der Waals surface area contributed by atoms with Crippen molar-refractivity contribution < 1.29 is 9.53 Å². The molecular formula is C12H17ClN2O2. The van der Waals surface area contributed by atoms with E-state index < -0.39 is 6.04 Å². The molecule has 3 N–H and O–H groups in total. The van der Waals surface area contributed by atoms with E-state index in [1.807, 2.05) is 13.8 Å². The van der Waals surface area contributed by atoms with Crippen LogP contribution in [0.2, 0.25) is 5.02 Å². The van der Waals surface area contributed by atoms with Crippen LogP contribution < -0.4 is 15.8 Å². The summed E-state index contributed by atoms with van der Waals surface area (Å²) < 4.78 is 5.39. The molecule has 1 atom stereocenters. The highest BCUT2D eigenvalue weighted by Crippen LogP contribution is 2.28. The van der Waals surface area contributed by atoms with E-state index in [0.29, 0.717) is 29.5 Å². The van der Waals surface area contributed by atoms with Crippen molar-refractivity contribution in [3.05, 3.63) is 23.2 Å². The highest BCUT2D eigenvalue weighted by Gasteiger charge is 2.13. The number of ether oxygens (including phenoxy) is 1. The van der Waals surface area contributed by atoms with Crippen LogP contribution in [0.5, 0.6) is 5.75 Å². The maximum atomic E-state index is 11.7. The fourth-order valence-electron chi connectivity index (χ4n) is 1.29. The number of halogens is 1. The second kappa shape index (κ2) is 6.47. The Kier molecular flexibility index (Phi) is 5.25. The quantitative estimate of drug-likeness (QED) is 0.850. The van der Waals surface area contributed by atoms with Crippen molar-refractivity contribution in [2.75, 3.05) is 11.9 Å². The van der Waals surface area contributed by atoms with Gasteiger partial charge in [0, 0.05) is 5.02 Å². The molecule has 1 rings (SSSR count). The molecule has 4 nitrogen and oxygen atoms in total. The second-order valence-electron chi connectivity index (χ2n) is 3.58. The molecule has 0 unspecified atom stereocenters. The van der Waals surface area contributed by atoms with E-state index in [9.17, 15) is 4.79 Å². The molecule has 94 valence electrons. The summed E-state index contributed by atoms with van der Waals surface area (Å²) in [5, 5.41) is 3.25. The number of hydrogen-bond donors (Lipinski definition) is 2. The van der Waals surface area contributed by atoms with Gasteiger partial charge in [-0.1, -0.05) is 18.5 Å². The van der Waals surface area contributed by atoms with Crippen LogP contribution in [0.3, 0.4) is 0 Å². The van der Waals surface area contributed by atoms with Crippen molar-refractivity contribution >= 4 is 23.2 Å². The normalized spacial score (nSPS) is 12.0. The molecule has 1 aromatic rings. The van der Waals surface area contributed by atoms with E-state index >= 15 is 0 Å². The van der Waals surface area contributed by atoms with Gasteiger partial charge >= 0.3 is 0 Å². The molecule has 5 heteroatoms. The van der Waals surface area contributed by atoms with Gasteiger partial charge in [-0.25, -0.2) is 0 Å². The number of amides is 1. The molecule has 0 heterocycles. The Balaban J connectivity index is 2.87. The summed E-state index contributed by atoms with van der Waals surface area (Å²) >= 11 is 5.88. The van der Waals surface area contributed by atoms with Gasteiger partial charge in [-0.3, -0.25) is 4.79 Å². The molecule has 0 bridgehead atoms. The second-order valence-corrected chi connectivity index (χ2v) is 4.01. The molecule has 1 aromatic carbocycles. The van der Waals surface area contributed by atoms with Gasteiger partial charge in [-0.05, 0) is 31.5 Å². The van der Waals surface area contributed by atoms with E-state index in [0.717, 1.165) is 0 Å². The Hall–Kier alpha value is -1.26. The Morgan fingerprint density at radius 1 is 1.53 bits per heavy atom. The van der Waals surface area contributed by atoms with E-state index in [1.54, 1.807) is 18.2 Å². The number of nitrogens with two attached hydrogens (primary N) is 1. The lowest BCUT2D eigenvalue weighted by atomic mass is 10.2. The van der Waals surface area contributed by atoms with Gasteiger partial charge in [0.2, 0.25) is 5.91 Å². The van der Waals surface area contributed by atoms with Crippen LogP contribution in [0, 0.1) is 0 Å². The molecule has 17 heavy (non-hydrogen) atoms. The van der Waals surface area contributed by atoms with Crippen LogP contribution in [-0.4, -0.2) is 18.6 Å². The fraction of sp³-hybridized carbons (Fsp3) is 0.417. The Bertz CT molecular complexity index is 396. The predicted octanol–water partition coefficient (Wildman–Crippen LogP) is 2.41. The standard InChI is InChI=1S/C12H17ClN2O2/c1-3-9(14)12(16)15-10-7-8(13)5-6-11(10)17-4-2/h5-7,9H,3-4,14H2,1-2H3,(H,15,16)/t9-/m0/s1. The first kappa shape index (κ1) is 13.8. The van der Waals surface area contributed by atoms with Crippen LogP contribution in [0.1, 0.15) is 20.3 Å². The van der Waals surface area contributed by atoms with Gasteiger partial charge in [0.1, 0.15) is 5.75 Å². The molecule has 0 saturated heterocycles. The van der Waals surface area contributed by atoms with Crippen LogP contribution in [0.15, 0.2) is 18.2 Å². The topological polar surface area (TPSA) is 64.3 Å². The van der Waals surface area contributed by atoms with Gasteiger partial charge in [0.05, 0.1) is 18.3 Å². The van der Waals surface area contributed by atoms with Gasteiger partial charge in [0.15, 0.2) is 0 Å². The van der Waals surface area contributed by atoms with E-state index in [-0.39, 0.29) is 5.91 Å². The molecule has 0 spiro atoms. The molecule has 0 fully saturated rings. The number of hydrogen-bond acceptors (Lipinski definition) is 3. The molecule has 0 aliphatic heterocycles. The third kappa shape index (κ3) is 3.91.